The Hall–Kier alpha value is -1.94. The Labute approximate surface area is 244 Å². The number of benzene rings is 1. The Morgan fingerprint density at radius 2 is 1.66 bits per heavy atom. The van der Waals surface area contributed by atoms with Gasteiger partial charge in [-0.05, 0) is 76.9 Å². The lowest BCUT2D eigenvalue weighted by Crippen LogP contribution is -2.29. The molecule has 1 amide bonds. The largest absolute Gasteiger partial charge is 0.492 e. The molecule has 0 heterocycles. The van der Waals surface area contributed by atoms with Crippen LogP contribution in [0, 0.1) is 3.57 Å². The fraction of sp³-hybridized carbons (Fsp3) is 0.533. The van der Waals surface area contributed by atoms with Gasteiger partial charge in [-0.25, -0.2) is 0 Å². The minimum atomic E-state index is -0.290. The van der Waals surface area contributed by atoms with Crippen LogP contribution in [-0.2, 0) is 11.2 Å². The van der Waals surface area contributed by atoms with Gasteiger partial charge in [0.2, 0.25) is 11.7 Å². The van der Waals surface area contributed by atoms with E-state index in [4.69, 9.17) is 14.2 Å². The fourth-order valence-electron chi connectivity index (χ4n) is 5.20. The highest BCUT2D eigenvalue weighted by Gasteiger charge is 2.32. The third kappa shape index (κ3) is 6.97. The first-order valence-corrected chi connectivity index (χ1v) is 15.7. The Balaban J connectivity index is 2.01. The van der Waals surface area contributed by atoms with Gasteiger partial charge in [-0.2, -0.15) is 0 Å². The molecule has 2 aromatic carbocycles. The monoisotopic (exact) mass is 653 g/mol. The molecule has 0 fully saturated rings. The van der Waals surface area contributed by atoms with E-state index in [0.717, 1.165) is 38.7 Å². The van der Waals surface area contributed by atoms with Gasteiger partial charge in [0.25, 0.3) is 0 Å². The number of amides is 1. The van der Waals surface area contributed by atoms with Crippen molar-refractivity contribution in [3.05, 3.63) is 43.1 Å². The third-order valence-corrected chi connectivity index (χ3v) is 9.07. The predicted octanol–water partition coefficient (Wildman–Crippen LogP) is 7.31. The van der Waals surface area contributed by atoms with Crippen LogP contribution in [0.3, 0.4) is 0 Å². The maximum Gasteiger partial charge on any atom is 0.220 e. The summed E-state index contributed by atoms with van der Waals surface area (Å²) in [5, 5.41) is 3.26. The molecule has 0 bridgehead atoms. The van der Waals surface area contributed by atoms with E-state index in [1.54, 1.807) is 27.4 Å². The number of ether oxygens (including phenoxy) is 3. The molecular weight excluding hydrogens is 613 g/mol. The Morgan fingerprint density at radius 3 is 2.29 bits per heavy atom. The van der Waals surface area contributed by atoms with Crippen molar-refractivity contribution in [2.75, 3.05) is 27.6 Å². The summed E-state index contributed by atoms with van der Waals surface area (Å²) in [7, 11) is 4.84. The minimum absolute atomic E-state index is 0.0290. The smallest absolute Gasteiger partial charge is 0.220 e. The lowest BCUT2D eigenvalue weighted by Gasteiger charge is -2.21. The van der Waals surface area contributed by atoms with Crippen molar-refractivity contribution >= 4 is 40.3 Å². The van der Waals surface area contributed by atoms with E-state index in [-0.39, 0.29) is 17.4 Å². The van der Waals surface area contributed by atoms with Gasteiger partial charge in [0.15, 0.2) is 16.9 Å². The molecule has 1 aliphatic rings. The van der Waals surface area contributed by atoms with Gasteiger partial charge < -0.3 is 19.5 Å². The van der Waals surface area contributed by atoms with E-state index in [9.17, 15) is 9.59 Å². The van der Waals surface area contributed by atoms with Gasteiger partial charge in [0, 0.05) is 12.0 Å². The number of carbonyl (C=O) groups excluding carboxylic acids is 1. The van der Waals surface area contributed by atoms with Crippen LogP contribution in [-0.4, -0.2) is 33.5 Å². The van der Waals surface area contributed by atoms with Gasteiger partial charge in [0.1, 0.15) is 0 Å². The standard InChI is InChI=1S/C30H40INO5S/c1-6-7-8-9-10-11-12-13-25(34)32-22-16-14-20-26(19-15-17-24(38-5)23(33)18-21(19)22)28(35-2)30(37-4)29(36-3)27(20)31/h15,17-18,22H,6-14,16H2,1-5H3,(H,32,34)/t22-/m0/s1. The zero-order valence-electron chi connectivity index (χ0n) is 23.2. The summed E-state index contributed by atoms with van der Waals surface area (Å²) in [6.45, 7) is 2.22. The second-order valence-electron chi connectivity index (χ2n) is 9.58. The predicted molar refractivity (Wildman–Crippen MR) is 164 cm³/mol. The lowest BCUT2D eigenvalue weighted by molar-refractivity contribution is -0.122. The van der Waals surface area contributed by atoms with Crippen LogP contribution >= 0.6 is 34.4 Å². The zero-order valence-corrected chi connectivity index (χ0v) is 26.2. The number of hydrogen-bond donors (Lipinski definition) is 1. The van der Waals surface area contributed by atoms with Gasteiger partial charge in [-0.1, -0.05) is 51.5 Å². The number of halogens is 1. The highest BCUT2D eigenvalue weighted by molar-refractivity contribution is 14.1. The molecule has 208 valence electrons. The molecule has 1 atom stereocenters. The van der Waals surface area contributed by atoms with E-state index in [1.165, 1.54) is 43.9 Å². The number of thioether (sulfide) groups is 1. The summed E-state index contributed by atoms with van der Waals surface area (Å²) >= 11 is 3.72. The van der Waals surface area contributed by atoms with Crippen molar-refractivity contribution in [2.24, 2.45) is 0 Å². The number of fused-ring (bicyclic) bond motifs is 3. The molecule has 6 nitrogen and oxygen atoms in total. The number of carbonyl (C=O) groups is 1. The molecule has 0 radical (unpaired) electrons. The molecule has 0 saturated carbocycles. The number of nitrogens with one attached hydrogen (secondary N) is 1. The second kappa shape index (κ2) is 15.0. The van der Waals surface area contributed by atoms with Crippen LogP contribution in [0.15, 0.2) is 27.9 Å². The molecule has 0 aliphatic heterocycles. The van der Waals surface area contributed by atoms with Crippen LogP contribution in [0.2, 0.25) is 0 Å². The molecule has 3 rings (SSSR count). The molecule has 0 saturated heterocycles. The first-order valence-electron chi connectivity index (χ1n) is 13.4. The summed E-state index contributed by atoms with van der Waals surface area (Å²) < 4.78 is 18.3. The normalized spacial score (nSPS) is 14.2. The third-order valence-electron chi connectivity index (χ3n) is 7.15. The molecule has 2 aromatic rings. The second-order valence-corrected chi connectivity index (χ2v) is 11.5. The zero-order chi connectivity index (χ0) is 27.7. The quantitative estimate of drug-likeness (QED) is 0.139. The number of rotatable bonds is 13. The van der Waals surface area contributed by atoms with E-state index in [0.29, 0.717) is 41.4 Å². The number of hydrogen-bond acceptors (Lipinski definition) is 6. The van der Waals surface area contributed by atoms with Crippen LogP contribution in [0.1, 0.15) is 81.9 Å². The van der Waals surface area contributed by atoms with Gasteiger partial charge in [-0.3, -0.25) is 9.59 Å². The molecule has 8 heteroatoms. The highest BCUT2D eigenvalue weighted by atomic mass is 127. The summed E-state index contributed by atoms with van der Waals surface area (Å²) in [5.74, 6) is 1.74. The molecule has 38 heavy (non-hydrogen) atoms. The Kier molecular flexibility index (Phi) is 12.1. The number of unbranched alkanes of at least 4 members (excludes halogenated alkanes) is 6. The highest BCUT2D eigenvalue weighted by Crippen LogP contribution is 2.52. The number of methoxy groups -OCH3 is 3. The van der Waals surface area contributed by atoms with Crippen molar-refractivity contribution in [3.63, 3.8) is 0 Å². The molecule has 1 aliphatic carbocycles. The topological polar surface area (TPSA) is 73.9 Å². The van der Waals surface area contributed by atoms with Crippen LogP contribution < -0.4 is 25.0 Å². The minimum Gasteiger partial charge on any atom is -0.492 e. The maximum atomic E-state index is 13.1. The van der Waals surface area contributed by atoms with Crippen molar-refractivity contribution in [1.29, 1.82) is 0 Å². The van der Waals surface area contributed by atoms with Gasteiger partial charge in [0.05, 0.1) is 35.8 Å². The maximum absolute atomic E-state index is 13.1. The summed E-state index contributed by atoms with van der Waals surface area (Å²) in [6, 6.07) is 5.24. The molecular formula is C30H40INO5S. The van der Waals surface area contributed by atoms with Crippen LogP contribution in [0.4, 0.5) is 0 Å². The van der Waals surface area contributed by atoms with Crippen molar-refractivity contribution in [3.8, 4) is 28.4 Å². The lowest BCUT2D eigenvalue weighted by atomic mass is 9.95. The molecule has 0 spiro atoms. The van der Waals surface area contributed by atoms with E-state index < -0.39 is 0 Å². The van der Waals surface area contributed by atoms with Crippen LogP contribution in [0.25, 0.3) is 11.1 Å². The SMILES string of the molecule is CCCCCCCCCC(=O)N[C@H]1CCc2c(I)c(OC)c(OC)c(OC)c2-c2ccc(SC)c(=O)cc21. The molecule has 0 aromatic heterocycles. The van der Waals surface area contributed by atoms with Gasteiger partial charge >= 0.3 is 0 Å². The van der Waals surface area contributed by atoms with E-state index in [2.05, 4.69) is 34.8 Å². The molecule has 0 unspecified atom stereocenters. The van der Waals surface area contributed by atoms with Gasteiger partial charge in [-0.15, -0.1) is 11.8 Å². The van der Waals surface area contributed by atoms with Crippen LogP contribution in [0.5, 0.6) is 17.2 Å². The average Bonchev–Trinajstić information content (AvgIpc) is 3.16. The summed E-state index contributed by atoms with van der Waals surface area (Å²) in [6.07, 6.45) is 11.9. The Morgan fingerprint density at radius 1 is 1.00 bits per heavy atom. The molecule has 1 N–H and O–H groups in total. The van der Waals surface area contributed by atoms with E-state index in [1.807, 2.05) is 18.4 Å². The average molecular weight is 654 g/mol. The van der Waals surface area contributed by atoms with E-state index >= 15 is 0 Å². The van der Waals surface area contributed by atoms with Crippen molar-refractivity contribution < 1.29 is 19.0 Å². The summed E-state index contributed by atoms with van der Waals surface area (Å²) in [5.41, 5.74) is 3.57. The summed E-state index contributed by atoms with van der Waals surface area (Å²) in [4.78, 5) is 26.8. The Bertz CT molecular complexity index is 1190. The first kappa shape index (κ1) is 30.6. The fourth-order valence-corrected chi connectivity index (χ4v) is 6.67. The van der Waals surface area contributed by atoms with Crippen molar-refractivity contribution in [2.45, 2.75) is 82.1 Å². The first-order chi connectivity index (χ1) is 18.4. The van der Waals surface area contributed by atoms with Crippen molar-refractivity contribution in [1.82, 2.24) is 5.32 Å².